The van der Waals surface area contributed by atoms with E-state index in [-0.39, 0.29) is 5.41 Å². The fraction of sp³-hybridized carbons (Fsp3) is 0.846. The van der Waals surface area contributed by atoms with E-state index in [0.717, 1.165) is 0 Å². The molecule has 0 radical (unpaired) electrons. The second-order valence-electron chi connectivity index (χ2n) is 6.04. The molecule has 1 aliphatic carbocycles. The van der Waals surface area contributed by atoms with Gasteiger partial charge in [-0.25, -0.2) is 0 Å². The summed E-state index contributed by atoms with van der Waals surface area (Å²) in [5, 5.41) is 0. The van der Waals surface area contributed by atoms with E-state index in [0.29, 0.717) is 10.9 Å². The van der Waals surface area contributed by atoms with Crippen LogP contribution in [-0.2, 0) is 4.43 Å². The van der Waals surface area contributed by atoms with Crippen LogP contribution >= 0.6 is 15.9 Å². The van der Waals surface area contributed by atoms with Crippen LogP contribution in [0.3, 0.4) is 0 Å². The molecule has 0 heterocycles. The highest BCUT2D eigenvalue weighted by Gasteiger charge is 2.34. The Labute approximate surface area is 111 Å². The van der Waals surface area contributed by atoms with Crippen LogP contribution in [0.2, 0.25) is 13.1 Å². The van der Waals surface area contributed by atoms with Crippen molar-refractivity contribution in [1.82, 2.24) is 0 Å². The Morgan fingerprint density at radius 3 is 2.38 bits per heavy atom. The summed E-state index contributed by atoms with van der Waals surface area (Å²) in [6.07, 6.45) is 6.50. The Hall–Kier alpha value is 0.397. The molecule has 0 saturated heterocycles. The molecule has 94 valence electrons. The number of alkyl halides is 1. The molecule has 1 rings (SSSR count). The Morgan fingerprint density at radius 1 is 1.38 bits per heavy atom. The van der Waals surface area contributed by atoms with E-state index in [9.17, 15) is 0 Å². The lowest BCUT2D eigenvalue weighted by molar-refractivity contribution is 0.0924. The highest BCUT2D eigenvalue weighted by molar-refractivity contribution is 9.09. The Morgan fingerprint density at radius 2 is 2.00 bits per heavy atom. The highest BCUT2D eigenvalue weighted by Crippen LogP contribution is 2.36. The molecule has 2 unspecified atom stereocenters. The molecule has 1 nitrogen and oxygen atoms in total. The van der Waals surface area contributed by atoms with Gasteiger partial charge in [0.2, 0.25) is 0 Å². The zero-order valence-electron chi connectivity index (χ0n) is 11.2. The first-order chi connectivity index (χ1) is 7.32. The maximum absolute atomic E-state index is 6.24. The van der Waals surface area contributed by atoms with Crippen molar-refractivity contribution in [1.29, 1.82) is 0 Å². The largest absolute Gasteiger partial charge is 0.416 e. The van der Waals surface area contributed by atoms with Crippen LogP contribution in [-0.4, -0.2) is 20.0 Å². The smallest absolute Gasteiger partial charge is 0.171 e. The Kier molecular flexibility index (Phi) is 5.27. The quantitative estimate of drug-likeness (QED) is 0.428. The van der Waals surface area contributed by atoms with Crippen molar-refractivity contribution in [3.05, 3.63) is 11.6 Å². The monoisotopic (exact) mass is 304 g/mol. The van der Waals surface area contributed by atoms with Gasteiger partial charge >= 0.3 is 0 Å². The first kappa shape index (κ1) is 14.5. The van der Waals surface area contributed by atoms with Crippen molar-refractivity contribution in [2.24, 2.45) is 5.41 Å². The van der Waals surface area contributed by atoms with Crippen LogP contribution in [0.5, 0.6) is 0 Å². The zero-order chi connectivity index (χ0) is 12.3. The van der Waals surface area contributed by atoms with Gasteiger partial charge in [-0.2, -0.15) is 0 Å². The van der Waals surface area contributed by atoms with Crippen molar-refractivity contribution in [2.45, 2.75) is 64.1 Å². The lowest BCUT2D eigenvalue weighted by atomic mass is 9.85. The van der Waals surface area contributed by atoms with Gasteiger partial charge in [-0.1, -0.05) is 48.4 Å². The first-order valence-electron chi connectivity index (χ1n) is 6.31. The standard InChI is InChI=1S/C13H25BrOSi/c1-13(2,3)12(15-16(4)5)11(14)10-8-6-7-9-10/h8,11-12,16H,6-7,9H2,1-5H3. The van der Waals surface area contributed by atoms with Gasteiger partial charge in [0.1, 0.15) is 0 Å². The topological polar surface area (TPSA) is 9.23 Å². The van der Waals surface area contributed by atoms with E-state index in [1.165, 1.54) is 19.3 Å². The molecule has 0 amide bonds. The summed E-state index contributed by atoms with van der Waals surface area (Å²) in [5.41, 5.74) is 1.75. The number of rotatable bonds is 4. The molecule has 2 atom stereocenters. The van der Waals surface area contributed by atoms with Crippen molar-refractivity contribution in [3.63, 3.8) is 0 Å². The molecular weight excluding hydrogens is 280 g/mol. The van der Waals surface area contributed by atoms with E-state index in [4.69, 9.17) is 4.43 Å². The van der Waals surface area contributed by atoms with Gasteiger partial charge in [0.15, 0.2) is 9.04 Å². The molecular formula is C13H25BrOSi. The molecule has 0 aromatic heterocycles. The summed E-state index contributed by atoms with van der Waals surface area (Å²) in [6, 6.07) is 0. The van der Waals surface area contributed by atoms with Crippen LogP contribution in [0.1, 0.15) is 40.0 Å². The fourth-order valence-electron chi connectivity index (χ4n) is 2.15. The van der Waals surface area contributed by atoms with Crippen LogP contribution in [0.15, 0.2) is 11.6 Å². The zero-order valence-corrected chi connectivity index (χ0v) is 14.0. The molecule has 0 aliphatic heterocycles. The summed E-state index contributed by atoms with van der Waals surface area (Å²) < 4.78 is 6.24. The summed E-state index contributed by atoms with van der Waals surface area (Å²) in [5.74, 6) is 0. The molecule has 0 bridgehead atoms. The predicted octanol–water partition coefficient (Wildman–Crippen LogP) is 4.27. The number of allylic oxidation sites excluding steroid dienone is 1. The maximum Gasteiger partial charge on any atom is 0.171 e. The SMILES string of the molecule is C[SiH](C)OC(C(Br)C1=CCCC1)C(C)(C)C. The lowest BCUT2D eigenvalue weighted by Gasteiger charge is -2.36. The maximum atomic E-state index is 6.24. The summed E-state index contributed by atoms with van der Waals surface area (Å²) >= 11 is 3.86. The number of halogens is 1. The minimum atomic E-state index is -0.984. The number of hydrogen-bond donors (Lipinski definition) is 0. The minimum Gasteiger partial charge on any atom is -0.416 e. The fourth-order valence-corrected chi connectivity index (χ4v) is 4.86. The molecule has 0 N–H and O–H groups in total. The molecule has 1 aliphatic rings. The van der Waals surface area contributed by atoms with Gasteiger partial charge in [-0.3, -0.25) is 0 Å². The molecule has 3 heteroatoms. The Balaban J connectivity index is 2.75. The second-order valence-corrected chi connectivity index (χ2v) is 9.40. The van der Waals surface area contributed by atoms with Crippen molar-refractivity contribution in [2.75, 3.05) is 0 Å². The molecule has 0 spiro atoms. The molecule has 16 heavy (non-hydrogen) atoms. The van der Waals surface area contributed by atoms with Crippen LogP contribution in [0.4, 0.5) is 0 Å². The molecule has 0 aromatic carbocycles. The third-order valence-electron chi connectivity index (χ3n) is 2.97. The minimum absolute atomic E-state index is 0.203. The lowest BCUT2D eigenvalue weighted by Crippen LogP contribution is -2.40. The molecule has 0 aromatic rings. The van der Waals surface area contributed by atoms with Gasteiger partial charge in [0.05, 0.1) is 10.9 Å². The molecule has 0 fully saturated rings. The average Bonchev–Trinajstić information content (AvgIpc) is 2.63. The number of hydrogen-bond acceptors (Lipinski definition) is 1. The van der Waals surface area contributed by atoms with Crippen molar-refractivity contribution in [3.8, 4) is 0 Å². The van der Waals surface area contributed by atoms with Gasteiger partial charge in [-0.05, 0) is 37.8 Å². The van der Waals surface area contributed by atoms with Crippen LogP contribution in [0.25, 0.3) is 0 Å². The summed E-state index contributed by atoms with van der Waals surface area (Å²) in [6.45, 7) is 11.3. The Bertz CT molecular complexity index is 255. The van der Waals surface area contributed by atoms with Gasteiger partial charge < -0.3 is 4.43 Å². The van der Waals surface area contributed by atoms with E-state index < -0.39 is 9.04 Å². The van der Waals surface area contributed by atoms with E-state index in [2.05, 4.69) is 55.9 Å². The third kappa shape index (κ3) is 4.01. The van der Waals surface area contributed by atoms with Crippen molar-refractivity contribution >= 4 is 25.0 Å². The predicted molar refractivity (Wildman–Crippen MR) is 77.9 cm³/mol. The third-order valence-corrected chi connectivity index (χ3v) is 4.87. The average molecular weight is 305 g/mol. The van der Waals surface area contributed by atoms with Crippen LogP contribution < -0.4 is 0 Å². The highest BCUT2D eigenvalue weighted by atomic mass is 79.9. The van der Waals surface area contributed by atoms with Gasteiger partial charge in [0.25, 0.3) is 0 Å². The van der Waals surface area contributed by atoms with E-state index in [1.54, 1.807) is 5.57 Å². The van der Waals surface area contributed by atoms with E-state index in [1.807, 2.05) is 0 Å². The van der Waals surface area contributed by atoms with Crippen LogP contribution in [0, 0.1) is 5.41 Å². The normalized spacial score (nSPS) is 21.1. The van der Waals surface area contributed by atoms with Gasteiger partial charge in [0, 0.05) is 0 Å². The van der Waals surface area contributed by atoms with Crippen molar-refractivity contribution < 1.29 is 4.43 Å². The van der Waals surface area contributed by atoms with E-state index >= 15 is 0 Å². The molecule has 0 saturated carbocycles. The second kappa shape index (κ2) is 5.83. The van der Waals surface area contributed by atoms with Gasteiger partial charge in [-0.15, -0.1) is 0 Å². The summed E-state index contributed by atoms with van der Waals surface area (Å²) in [4.78, 5) is 0.407. The first-order valence-corrected chi connectivity index (χ1v) is 10.0. The summed E-state index contributed by atoms with van der Waals surface area (Å²) in [7, 11) is -0.984.